The standard InChI is InChI=1S/C18H21Cl2N/c1-4-21-18(15-9-16(19)11-17(20)10-15)14-7-5-13(6-8-14)12(2)3/h5-12,18,21H,4H2,1-3H3. The van der Waals surface area contributed by atoms with Gasteiger partial charge in [0.2, 0.25) is 0 Å². The predicted molar refractivity (Wildman–Crippen MR) is 92.5 cm³/mol. The van der Waals surface area contributed by atoms with Crippen molar-refractivity contribution in [2.75, 3.05) is 6.54 Å². The maximum absolute atomic E-state index is 6.14. The Morgan fingerprint density at radius 1 is 0.857 bits per heavy atom. The van der Waals surface area contributed by atoms with Gasteiger partial charge in [0, 0.05) is 10.0 Å². The molecule has 1 unspecified atom stereocenters. The fraction of sp³-hybridized carbons (Fsp3) is 0.333. The SMILES string of the molecule is CCNC(c1ccc(C(C)C)cc1)c1cc(Cl)cc(Cl)c1. The minimum Gasteiger partial charge on any atom is -0.307 e. The maximum atomic E-state index is 6.14. The molecule has 21 heavy (non-hydrogen) atoms. The van der Waals surface area contributed by atoms with Gasteiger partial charge in [-0.05, 0) is 47.4 Å². The molecule has 0 heterocycles. The minimum absolute atomic E-state index is 0.104. The summed E-state index contributed by atoms with van der Waals surface area (Å²) in [5.41, 5.74) is 3.66. The number of benzene rings is 2. The lowest BCUT2D eigenvalue weighted by molar-refractivity contribution is 0.630. The number of halogens is 2. The maximum Gasteiger partial charge on any atom is 0.0577 e. The van der Waals surface area contributed by atoms with E-state index < -0.39 is 0 Å². The van der Waals surface area contributed by atoms with Crippen LogP contribution in [0.4, 0.5) is 0 Å². The average molecular weight is 322 g/mol. The summed E-state index contributed by atoms with van der Waals surface area (Å²) in [6.07, 6.45) is 0. The number of hydrogen-bond acceptors (Lipinski definition) is 1. The lowest BCUT2D eigenvalue weighted by Crippen LogP contribution is -2.22. The van der Waals surface area contributed by atoms with Crippen LogP contribution in [-0.2, 0) is 0 Å². The molecule has 0 fully saturated rings. The van der Waals surface area contributed by atoms with Crippen LogP contribution >= 0.6 is 23.2 Å². The first-order chi connectivity index (χ1) is 10.0. The number of hydrogen-bond donors (Lipinski definition) is 1. The molecule has 2 aromatic carbocycles. The van der Waals surface area contributed by atoms with E-state index in [1.807, 2.05) is 12.1 Å². The fourth-order valence-electron chi connectivity index (χ4n) is 2.45. The summed E-state index contributed by atoms with van der Waals surface area (Å²) in [6.45, 7) is 7.38. The Bertz CT molecular complexity index is 570. The molecule has 0 aliphatic heterocycles. The van der Waals surface area contributed by atoms with Crippen molar-refractivity contribution >= 4 is 23.2 Å². The van der Waals surface area contributed by atoms with Crippen LogP contribution in [0.15, 0.2) is 42.5 Å². The monoisotopic (exact) mass is 321 g/mol. The Morgan fingerprint density at radius 2 is 1.38 bits per heavy atom. The second-order valence-corrected chi connectivity index (χ2v) is 6.39. The van der Waals surface area contributed by atoms with Crippen LogP contribution in [0.25, 0.3) is 0 Å². The van der Waals surface area contributed by atoms with Crippen LogP contribution in [-0.4, -0.2) is 6.54 Å². The topological polar surface area (TPSA) is 12.0 Å². The van der Waals surface area contributed by atoms with Crippen molar-refractivity contribution in [2.45, 2.75) is 32.7 Å². The highest BCUT2D eigenvalue weighted by Crippen LogP contribution is 2.28. The van der Waals surface area contributed by atoms with E-state index in [-0.39, 0.29) is 6.04 Å². The van der Waals surface area contributed by atoms with Gasteiger partial charge in [0.15, 0.2) is 0 Å². The van der Waals surface area contributed by atoms with E-state index >= 15 is 0 Å². The lowest BCUT2D eigenvalue weighted by atomic mass is 9.95. The van der Waals surface area contributed by atoms with Gasteiger partial charge < -0.3 is 5.32 Å². The van der Waals surface area contributed by atoms with Crippen LogP contribution in [0.5, 0.6) is 0 Å². The molecule has 112 valence electrons. The largest absolute Gasteiger partial charge is 0.307 e. The molecule has 0 aliphatic carbocycles. The Labute approximate surface area is 137 Å². The normalized spacial score (nSPS) is 12.7. The zero-order valence-electron chi connectivity index (χ0n) is 12.7. The first-order valence-electron chi connectivity index (χ1n) is 7.30. The van der Waals surface area contributed by atoms with Crippen molar-refractivity contribution in [2.24, 2.45) is 0 Å². The van der Waals surface area contributed by atoms with Gasteiger partial charge in [-0.25, -0.2) is 0 Å². The average Bonchev–Trinajstić information content (AvgIpc) is 2.44. The summed E-state index contributed by atoms with van der Waals surface area (Å²) in [7, 11) is 0. The molecule has 0 radical (unpaired) electrons. The van der Waals surface area contributed by atoms with Gasteiger partial charge in [0.1, 0.15) is 0 Å². The zero-order chi connectivity index (χ0) is 15.4. The number of nitrogens with one attached hydrogen (secondary N) is 1. The van der Waals surface area contributed by atoms with E-state index in [0.29, 0.717) is 16.0 Å². The molecule has 2 aromatic rings. The van der Waals surface area contributed by atoms with E-state index in [1.165, 1.54) is 11.1 Å². The van der Waals surface area contributed by atoms with Gasteiger partial charge in [0.25, 0.3) is 0 Å². The predicted octanol–water partition coefficient (Wildman–Crippen LogP) is 5.82. The van der Waals surface area contributed by atoms with Crippen LogP contribution in [0.1, 0.15) is 49.4 Å². The molecule has 1 N–H and O–H groups in total. The van der Waals surface area contributed by atoms with Crippen molar-refractivity contribution in [3.05, 3.63) is 69.2 Å². The molecule has 0 aromatic heterocycles. The van der Waals surface area contributed by atoms with Gasteiger partial charge in [-0.1, -0.05) is 68.2 Å². The second-order valence-electron chi connectivity index (χ2n) is 5.51. The highest BCUT2D eigenvalue weighted by Gasteiger charge is 2.14. The molecule has 0 saturated carbocycles. The third kappa shape index (κ3) is 4.23. The Balaban J connectivity index is 2.38. The molecule has 0 spiro atoms. The van der Waals surface area contributed by atoms with Crippen molar-refractivity contribution in [1.29, 1.82) is 0 Å². The van der Waals surface area contributed by atoms with E-state index in [4.69, 9.17) is 23.2 Å². The van der Waals surface area contributed by atoms with Crippen molar-refractivity contribution in [3.8, 4) is 0 Å². The summed E-state index contributed by atoms with van der Waals surface area (Å²) in [6, 6.07) is 14.5. The van der Waals surface area contributed by atoms with E-state index in [0.717, 1.165) is 12.1 Å². The number of rotatable bonds is 5. The zero-order valence-corrected chi connectivity index (χ0v) is 14.2. The summed E-state index contributed by atoms with van der Waals surface area (Å²) in [5, 5.41) is 4.83. The fourth-order valence-corrected chi connectivity index (χ4v) is 2.99. The van der Waals surface area contributed by atoms with Crippen molar-refractivity contribution < 1.29 is 0 Å². The molecule has 0 amide bonds. The smallest absolute Gasteiger partial charge is 0.0577 e. The van der Waals surface area contributed by atoms with E-state index in [1.54, 1.807) is 6.07 Å². The van der Waals surface area contributed by atoms with Crippen LogP contribution in [0.2, 0.25) is 10.0 Å². The highest BCUT2D eigenvalue weighted by molar-refractivity contribution is 6.34. The van der Waals surface area contributed by atoms with Gasteiger partial charge in [0.05, 0.1) is 6.04 Å². The molecule has 3 heteroatoms. The third-order valence-electron chi connectivity index (χ3n) is 3.56. The summed E-state index contributed by atoms with van der Waals surface area (Å²) < 4.78 is 0. The van der Waals surface area contributed by atoms with Gasteiger partial charge in [-0.3, -0.25) is 0 Å². The molecule has 0 aliphatic rings. The quantitative estimate of drug-likeness (QED) is 0.732. The van der Waals surface area contributed by atoms with E-state index in [9.17, 15) is 0 Å². The van der Waals surface area contributed by atoms with Gasteiger partial charge in [-0.15, -0.1) is 0 Å². The van der Waals surface area contributed by atoms with Crippen LogP contribution in [0.3, 0.4) is 0 Å². The summed E-state index contributed by atoms with van der Waals surface area (Å²) >= 11 is 12.3. The molecule has 2 rings (SSSR count). The first-order valence-corrected chi connectivity index (χ1v) is 8.06. The second kappa shape index (κ2) is 7.31. The Kier molecular flexibility index (Phi) is 5.69. The Morgan fingerprint density at radius 3 is 1.86 bits per heavy atom. The highest BCUT2D eigenvalue weighted by atomic mass is 35.5. The molecular weight excluding hydrogens is 301 g/mol. The lowest BCUT2D eigenvalue weighted by Gasteiger charge is -2.20. The Hall–Kier alpha value is -1.02. The minimum atomic E-state index is 0.104. The van der Waals surface area contributed by atoms with Crippen molar-refractivity contribution in [3.63, 3.8) is 0 Å². The van der Waals surface area contributed by atoms with Crippen molar-refractivity contribution in [1.82, 2.24) is 5.32 Å². The van der Waals surface area contributed by atoms with Gasteiger partial charge >= 0.3 is 0 Å². The molecular formula is C18H21Cl2N. The molecule has 0 bridgehead atoms. The molecule has 1 nitrogen and oxygen atoms in total. The van der Waals surface area contributed by atoms with Crippen LogP contribution in [0, 0.1) is 0 Å². The van der Waals surface area contributed by atoms with E-state index in [2.05, 4.69) is 50.4 Å². The third-order valence-corrected chi connectivity index (χ3v) is 4.00. The van der Waals surface area contributed by atoms with Crippen LogP contribution < -0.4 is 5.32 Å². The first kappa shape index (κ1) is 16.4. The summed E-state index contributed by atoms with van der Waals surface area (Å²) in [4.78, 5) is 0. The summed E-state index contributed by atoms with van der Waals surface area (Å²) in [5.74, 6) is 0.539. The van der Waals surface area contributed by atoms with Gasteiger partial charge in [-0.2, -0.15) is 0 Å². The molecule has 0 saturated heterocycles. The molecule has 1 atom stereocenters.